The molecule has 1 fully saturated rings. The quantitative estimate of drug-likeness (QED) is 0.908. The van der Waals surface area contributed by atoms with Crippen LogP contribution in [-0.4, -0.2) is 23.9 Å². The number of anilines is 1. The molecule has 1 saturated heterocycles. The van der Waals surface area contributed by atoms with Crippen molar-refractivity contribution in [1.29, 1.82) is 0 Å². The van der Waals surface area contributed by atoms with E-state index in [1.807, 2.05) is 39.0 Å². The maximum absolute atomic E-state index is 13.0. The first kappa shape index (κ1) is 16.0. The minimum Gasteiger partial charge on any atom is -0.342 e. The first-order chi connectivity index (χ1) is 9.93. The molecule has 5 heteroatoms. The van der Waals surface area contributed by atoms with Gasteiger partial charge in [-0.1, -0.05) is 35.8 Å². The summed E-state index contributed by atoms with van der Waals surface area (Å²) < 4.78 is 0.968. The molecule has 1 aromatic carbocycles. The second-order valence-corrected chi connectivity index (χ2v) is 6.33. The van der Waals surface area contributed by atoms with E-state index in [-0.39, 0.29) is 11.8 Å². The normalized spacial score (nSPS) is 18.4. The summed E-state index contributed by atoms with van der Waals surface area (Å²) in [5.41, 5.74) is 1.16. The van der Waals surface area contributed by atoms with Crippen LogP contribution in [0.5, 0.6) is 0 Å². The van der Waals surface area contributed by atoms with E-state index >= 15 is 0 Å². The number of aryl methyl sites for hydroxylation is 1. The standard InChI is InChI=1S/C16H21BrN2O2/c1-4-16(5-2)15(21)19(9-8-14(20)18-16)12-7-6-11(3)13(17)10-12/h6-7,10H,4-5,8-9H2,1-3H3,(H,18,20). The molecule has 1 aliphatic heterocycles. The molecule has 0 unspecified atom stereocenters. The van der Waals surface area contributed by atoms with E-state index < -0.39 is 5.54 Å². The minimum absolute atomic E-state index is 0.0193. The van der Waals surface area contributed by atoms with E-state index in [0.29, 0.717) is 25.8 Å². The average Bonchev–Trinajstić information content (AvgIpc) is 2.60. The predicted octanol–water partition coefficient (Wildman–Crippen LogP) is 3.17. The van der Waals surface area contributed by atoms with E-state index in [4.69, 9.17) is 0 Å². The van der Waals surface area contributed by atoms with Gasteiger partial charge in [0.2, 0.25) is 5.91 Å². The maximum Gasteiger partial charge on any atom is 0.252 e. The summed E-state index contributed by atoms with van der Waals surface area (Å²) in [6, 6.07) is 5.86. The van der Waals surface area contributed by atoms with Crippen LogP contribution in [0, 0.1) is 6.92 Å². The van der Waals surface area contributed by atoms with Crippen LogP contribution in [0.15, 0.2) is 22.7 Å². The van der Waals surface area contributed by atoms with Crippen molar-refractivity contribution in [3.63, 3.8) is 0 Å². The van der Waals surface area contributed by atoms with Crippen LogP contribution in [0.2, 0.25) is 0 Å². The molecule has 114 valence electrons. The molecule has 0 aliphatic carbocycles. The zero-order valence-corrected chi connectivity index (χ0v) is 14.3. The molecule has 1 aromatic rings. The van der Waals surface area contributed by atoms with Gasteiger partial charge >= 0.3 is 0 Å². The molecular formula is C16H21BrN2O2. The highest BCUT2D eigenvalue weighted by atomic mass is 79.9. The average molecular weight is 353 g/mol. The third-order valence-corrected chi connectivity index (χ3v) is 5.12. The lowest BCUT2D eigenvalue weighted by atomic mass is 9.91. The summed E-state index contributed by atoms with van der Waals surface area (Å²) in [6.45, 7) is 6.31. The first-order valence-electron chi connectivity index (χ1n) is 7.32. The Bertz CT molecular complexity index is 567. The van der Waals surface area contributed by atoms with Crippen LogP contribution in [0.3, 0.4) is 0 Å². The number of halogens is 1. The summed E-state index contributed by atoms with van der Waals surface area (Å²) in [7, 11) is 0. The third kappa shape index (κ3) is 2.98. The van der Waals surface area contributed by atoms with Crippen LogP contribution in [0.25, 0.3) is 0 Å². The summed E-state index contributed by atoms with van der Waals surface area (Å²) in [4.78, 5) is 26.7. The molecule has 0 atom stereocenters. The van der Waals surface area contributed by atoms with Crippen molar-refractivity contribution >= 4 is 33.4 Å². The van der Waals surface area contributed by atoms with Crippen LogP contribution >= 0.6 is 15.9 Å². The lowest BCUT2D eigenvalue weighted by Crippen LogP contribution is -2.56. The van der Waals surface area contributed by atoms with Gasteiger partial charge in [-0.3, -0.25) is 9.59 Å². The van der Waals surface area contributed by atoms with Crippen LogP contribution in [0.1, 0.15) is 38.7 Å². The highest BCUT2D eigenvalue weighted by Gasteiger charge is 2.42. The number of carbonyl (C=O) groups excluding carboxylic acids is 2. The number of nitrogens with one attached hydrogen (secondary N) is 1. The zero-order valence-electron chi connectivity index (χ0n) is 12.7. The second-order valence-electron chi connectivity index (χ2n) is 5.48. The van der Waals surface area contributed by atoms with E-state index in [1.165, 1.54) is 0 Å². The van der Waals surface area contributed by atoms with Crippen LogP contribution in [0.4, 0.5) is 5.69 Å². The van der Waals surface area contributed by atoms with Gasteiger partial charge in [0, 0.05) is 23.1 Å². The van der Waals surface area contributed by atoms with E-state index in [2.05, 4.69) is 21.2 Å². The Hall–Kier alpha value is -1.36. The fourth-order valence-corrected chi connectivity index (χ4v) is 3.05. The Morgan fingerprint density at radius 3 is 2.52 bits per heavy atom. The topological polar surface area (TPSA) is 49.4 Å². The molecular weight excluding hydrogens is 332 g/mol. The smallest absolute Gasteiger partial charge is 0.252 e. The van der Waals surface area contributed by atoms with Gasteiger partial charge in [0.05, 0.1) is 0 Å². The largest absolute Gasteiger partial charge is 0.342 e. The summed E-state index contributed by atoms with van der Waals surface area (Å²) in [6.07, 6.45) is 1.52. The van der Waals surface area contributed by atoms with Gasteiger partial charge in [0.1, 0.15) is 5.54 Å². The van der Waals surface area contributed by atoms with Crippen LogP contribution in [-0.2, 0) is 9.59 Å². The lowest BCUT2D eigenvalue weighted by molar-refractivity contribution is -0.130. The van der Waals surface area contributed by atoms with Crippen molar-refractivity contribution in [1.82, 2.24) is 5.32 Å². The third-order valence-electron chi connectivity index (χ3n) is 4.27. The molecule has 0 radical (unpaired) electrons. The molecule has 1 aliphatic rings. The SMILES string of the molecule is CCC1(CC)NC(=O)CCN(c2ccc(C)c(Br)c2)C1=O. The number of amides is 2. The summed E-state index contributed by atoms with van der Waals surface area (Å²) in [5, 5.41) is 2.93. The van der Waals surface area contributed by atoms with Crippen molar-refractivity contribution in [3.8, 4) is 0 Å². The van der Waals surface area contributed by atoms with E-state index in [0.717, 1.165) is 15.7 Å². The molecule has 2 rings (SSSR count). The van der Waals surface area contributed by atoms with Crippen molar-refractivity contribution in [2.75, 3.05) is 11.4 Å². The van der Waals surface area contributed by atoms with Crippen molar-refractivity contribution in [2.24, 2.45) is 0 Å². The van der Waals surface area contributed by atoms with E-state index in [1.54, 1.807) is 4.90 Å². The van der Waals surface area contributed by atoms with Gasteiger partial charge in [-0.05, 0) is 37.5 Å². The highest BCUT2D eigenvalue weighted by Crippen LogP contribution is 2.29. The Morgan fingerprint density at radius 2 is 1.95 bits per heavy atom. The van der Waals surface area contributed by atoms with Gasteiger partial charge in [0.25, 0.3) is 5.91 Å². The Balaban J connectivity index is 2.44. The van der Waals surface area contributed by atoms with Gasteiger partial charge in [0.15, 0.2) is 0 Å². The van der Waals surface area contributed by atoms with Crippen molar-refractivity contribution in [2.45, 2.75) is 45.6 Å². The lowest BCUT2D eigenvalue weighted by Gasteiger charge is -2.33. The Morgan fingerprint density at radius 1 is 1.29 bits per heavy atom. The summed E-state index contributed by atoms with van der Waals surface area (Å²) >= 11 is 3.51. The number of hydrogen-bond acceptors (Lipinski definition) is 2. The van der Waals surface area contributed by atoms with Gasteiger partial charge in [-0.25, -0.2) is 0 Å². The first-order valence-corrected chi connectivity index (χ1v) is 8.12. The summed E-state index contributed by atoms with van der Waals surface area (Å²) in [5.74, 6) is -0.0742. The zero-order chi connectivity index (χ0) is 15.6. The highest BCUT2D eigenvalue weighted by molar-refractivity contribution is 9.10. The molecule has 2 amide bonds. The Kier molecular flexibility index (Phi) is 4.71. The van der Waals surface area contributed by atoms with Crippen molar-refractivity contribution in [3.05, 3.63) is 28.2 Å². The number of rotatable bonds is 3. The number of carbonyl (C=O) groups is 2. The van der Waals surface area contributed by atoms with Crippen LogP contribution < -0.4 is 10.2 Å². The van der Waals surface area contributed by atoms with E-state index in [9.17, 15) is 9.59 Å². The molecule has 0 bridgehead atoms. The minimum atomic E-state index is -0.787. The second kappa shape index (κ2) is 6.18. The molecule has 0 spiro atoms. The molecule has 21 heavy (non-hydrogen) atoms. The van der Waals surface area contributed by atoms with Gasteiger partial charge in [-0.15, -0.1) is 0 Å². The molecule has 4 nitrogen and oxygen atoms in total. The molecule has 1 heterocycles. The predicted molar refractivity (Wildman–Crippen MR) is 87.3 cm³/mol. The maximum atomic E-state index is 13.0. The fourth-order valence-electron chi connectivity index (χ4n) is 2.68. The molecule has 1 N–H and O–H groups in total. The number of benzene rings is 1. The Labute approximate surface area is 134 Å². The van der Waals surface area contributed by atoms with Crippen molar-refractivity contribution < 1.29 is 9.59 Å². The molecule has 0 saturated carbocycles. The number of hydrogen-bond donors (Lipinski definition) is 1. The number of nitrogens with zero attached hydrogens (tertiary/aromatic N) is 1. The monoisotopic (exact) mass is 352 g/mol. The van der Waals surface area contributed by atoms with Gasteiger partial charge in [-0.2, -0.15) is 0 Å². The fraction of sp³-hybridized carbons (Fsp3) is 0.500. The van der Waals surface area contributed by atoms with Gasteiger partial charge < -0.3 is 10.2 Å². The molecule has 0 aromatic heterocycles.